The first-order chi connectivity index (χ1) is 21.4. The summed E-state index contributed by atoms with van der Waals surface area (Å²) in [5.41, 5.74) is 2.27. The van der Waals surface area contributed by atoms with Gasteiger partial charge in [-0.15, -0.1) is 0 Å². The van der Waals surface area contributed by atoms with E-state index in [1.54, 1.807) is 0 Å². The second-order valence-corrected chi connectivity index (χ2v) is 11.2. The molecule has 2 saturated carbocycles. The van der Waals surface area contributed by atoms with Crippen molar-refractivity contribution in [1.82, 2.24) is 0 Å². The van der Waals surface area contributed by atoms with E-state index in [-0.39, 0.29) is 28.6 Å². The first kappa shape index (κ1) is 33.6. The fourth-order valence-electron chi connectivity index (χ4n) is 6.93. The van der Waals surface area contributed by atoms with E-state index >= 15 is 0 Å². The standard InChI is InChI=1S/2C19H18O3.Cu/c2*1-22-18(21)16-12-13-19(17(16)20,14-8-4-2-5-9-14)15-10-6-3-7-11-15;/h2*2-11,16H,12-13H2,1H3;. The van der Waals surface area contributed by atoms with Crippen LogP contribution in [0.4, 0.5) is 0 Å². The Bertz CT molecular complexity index is 1400. The number of methoxy groups -OCH3 is 2. The Morgan fingerprint density at radius 1 is 0.511 bits per heavy atom. The van der Waals surface area contributed by atoms with Crippen molar-refractivity contribution in [1.29, 1.82) is 0 Å². The Hall–Kier alpha value is -4.32. The Balaban J connectivity index is 0.000000200. The molecule has 0 aromatic heterocycles. The number of carbonyl (C=O) groups is 4. The number of ether oxygens (including phenoxy) is 2. The molecule has 6 nitrogen and oxygen atoms in total. The third-order valence-electron chi connectivity index (χ3n) is 9.13. The van der Waals surface area contributed by atoms with E-state index in [1.807, 2.05) is 121 Å². The number of benzene rings is 4. The molecule has 0 saturated heterocycles. The molecule has 0 bridgehead atoms. The molecule has 6 rings (SSSR count). The summed E-state index contributed by atoms with van der Waals surface area (Å²) in [6, 6.07) is 38.9. The van der Waals surface area contributed by atoms with Gasteiger partial charge in [0.15, 0.2) is 11.6 Å². The predicted molar refractivity (Wildman–Crippen MR) is 167 cm³/mol. The number of carbonyl (C=O) groups excluding carboxylic acids is 4. The van der Waals surface area contributed by atoms with Crippen LogP contribution in [0.3, 0.4) is 0 Å². The minimum Gasteiger partial charge on any atom is -0.468 e. The van der Waals surface area contributed by atoms with E-state index in [2.05, 4.69) is 0 Å². The van der Waals surface area contributed by atoms with Gasteiger partial charge in [0.05, 0.1) is 25.0 Å². The zero-order chi connectivity index (χ0) is 31.2. The van der Waals surface area contributed by atoms with Crippen LogP contribution in [0.15, 0.2) is 121 Å². The fraction of sp³-hybridized carbons (Fsp3) is 0.263. The molecular formula is C38H36CuO6. The first-order valence-corrected chi connectivity index (χ1v) is 14.9. The van der Waals surface area contributed by atoms with Gasteiger partial charge in [0.2, 0.25) is 0 Å². The van der Waals surface area contributed by atoms with E-state index in [4.69, 9.17) is 9.47 Å². The number of hydrogen-bond acceptors (Lipinski definition) is 6. The molecule has 0 heterocycles. The van der Waals surface area contributed by atoms with Crippen molar-refractivity contribution in [3.8, 4) is 0 Å². The van der Waals surface area contributed by atoms with Crippen LogP contribution in [0.1, 0.15) is 47.9 Å². The van der Waals surface area contributed by atoms with Crippen LogP contribution in [0.25, 0.3) is 0 Å². The van der Waals surface area contributed by atoms with E-state index in [0.29, 0.717) is 25.7 Å². The summed E-state index contributed by atoms with van der Waals surface area (Å²) in [6.07, 6.45) is 2.30. The summed E-state index contributed by atoms with van der Waals surface area (Å²) < 4.78 is 9.62. The maximum absolute atomic E-state index is 13.1. The molecular weight excluding hydrogens is 616 g/mol. The van der Waals surface area contributed by atoms with E-state index in [1.165, 1.54) is 14.2 Å². The summed E-state index contributed by atoms with van der Waals surface area (Å²) in [5, 5.41) is 0. The van der Waals surface area contributed by atoms with Gasteiger partial charge in [-0.05, 0) is 47.9 Å². The molecule has 2 fully saturated rings. The minimum absolute atomic E-state index is 0. The van der Waals surface area contributed by atoms with Crippen LogP contribution in [-0.2, 0) is 56.6 Å². The van der Waals surface area contributed by atoms with Gasteiger partial charge >= 0.3 is 11.9 Å². The molecule has 7 heteroatoms. The monoisotopic (exact) mass is 651 g/mol. The van der Waals surface area contributed by atoms with Crippen molar-refractivity contribution in [2.45, 2.75) is 36.5 Å². The van der Waals surface area contributed by atoms with Crippen molar-refractivity contribution in [3.05, 3.63) is 144 Å². The summed E-state index contributed by atoms with van der Waals surface area (Å²) in [5.74, 6) is -2.33. The zero-order valence-electron chi connectivity index (χ0n) is 25.3. The van der Waals surface area contributed by atoms with Gasteiger partial charge in [-0.1, -0.05) is 121 Å². The Morgan fingerprint density at radius 2 is 0.756 bits per heavy atom. The molecule has 45 heavy (non-hydrogen) atoms. The van der Waals surface area contributed by atoms with Crippen molar-refractivity contribution >= 4 is 23.5 Å². The molecule has 2 atom stereocenters. The largest absolute Gasteiger partial charge is 0.468 e. The SMILES string of the molecule is COC(=O)C1CCC(c2ccccc2)(c2ccccc2)C1=O.COC(=O)C1CCC(c2ccccc2)(c2ccccc2)C1=O.[Cu]. The first-order valence-electron chi connectivity index (χ1n) is 14.9. The summed E-state index contributed by atoms with van der Waals surface area (Å²) >= 11 is 0. The zero-order valence-corrected chi connectivity index (χ0v) is 26.2. The molecule has 0 N–H and O–H groups in total. The number of esters is 2. The summed E-state index contributed by atoms with van der Waals surface area (Å²) in [4.78, 5) is 50.1. The molecule has 235 valence electrons. The van der Waals surface area contributed by atoms with Gasteiger partial charge in [0.25, 0.3) is 0 Å². The third kappa shape index (κ3) is 6.15. The van der Waals surface area contributed by atoms with Gasteiger partial charge in [0.1, 0.15) is 11.8 Å². The van der Waals surface area contributed by atoms with Crippen LogP contribution < -0.4 is 0 Å². The predicted octanol–water partition coefficient (Wildman–Crippen LogP) is 6.25. The molecule has 2 unspecified atom stereocenters. The van der Waals surface area contributed by atoms with Crippen molar-refractivity contribution in [2.75, 3.05) is 14.2 Å². The van der Waals surface area contributed by atoms with E-state index in [9.17, 15) is 19.2 Å². The molecule has 0 spiro atoms. The van der Waals surface area contributed by atoms with E-state index in [0.717, 1.165) is 22.3 Å². The Morgan fingerprint density at radius 3 is 0.978 bits per heavy atom. The fourth-order valence-corrected chi connectivity index (χ4v) is 6.93. The third-order valence-corrected chi connectivity index (χ3v) is 9.13. The van der Waals surface area contributed by atoms with Crippen LogP contribution >= 0.6 is 0 Å². The molecule has 2 aliphatic rings. The number of hydrogen-bond donors (Lipinski definition) is 0. The Kier molecular flexibility index (Phi) is 10.9. The smallest absolute Gasteiger partial charge is 0.316 e. The van der Waals surface area contributed by atoms with Crippen LogP contribution in [0.5, 0.6) is 0 Å². The molecule has 0 amide bonds. The number of rotatable bonds is 6. The summed E-state index contributed by atoms with van der Waals surface area (Å²) in [6.45, 7) is 0. The number of ketones is 2. The van der Waals surface area contributed by atoms with Crippen LogP contribution in [-0.4, -0.2) is 37.7 Å². The van der Waals surface area contributed by atoms with Crippen LogP contribution in [0, 0.1) is 11.8 Å². The average Bonchev–Trinajstić information content (AvgIpc) is 3.63. The topological polar surface area (TPSA) is 86.7 Å². The molecule has 4 aromatic carbocycles. The van der Waals surface area contributed by atoms with Gasteiger partial charge in [-0.2, -0.15) is 0 Å². The molecule has 2 aliphatic carbocycles. The second kappa shape index (κ2) is 14.6. The molecule has 0 aliphatic heterocycles. The minimum atomic E-state index is -0.749. The van der Waals surface area contributed by atoms with E-state index < -0.39 is 34.6 Å². The average molecular weight is 652 g/mol. The maximum atomic E-state index is 13.1. The summed E-state index contributed by atoms with van der Waals surface area (Å²) in [7, 11) is 2.67. The van der Waals surface area contributed by atoms with Crippen LogP contribution in [0.2, 0.25) is 0 Å². The van der Waals surface area contributed by atoms with Crippen molar-refractivity contribution in [2.24, 2.45) is 11.8 Å². The quantitative estimate of drug-likeness (QED) is 0.139. The van der Waals surface area contributed by atoms with Crippen molar-refractivity contribution < 1.29 is 45.7 Å². The number of Topliss-reactive ketones (excluding diaryl/α,β-unsaturated/α-hetero) is 2. The maximum Gasteiger partial charge on any atom is 0.316 e. The molecule has 4 aromatic rings. The van der Waals surface area contributed by atoms with Crippen molar-refractivity contribution in [3.63, 3.8) is 0 Å². The molecule has 1 radical (unpaired) electrons. The van der Waals surface area contributed by atoms with Gasteiger partial charge in [-0.3, -0.25) is 19.2 Å². The van der Waals surface area contributed by atoms with Gasteiger partial charge < -0.3 is 9.47 Å². The van der Waals surface area contributed by atoms with Gasteiger partial charge in [-0.25, -0.2) is 0 Å². The normalized spacial score (nSPS) is 19.4. The van der Waals surface area contributed by atoms with Gasteiger partial charge in [0, 0.05) is 17.1 Å². The second-order valence-electron chi connectivity index (χ2n) is 11.2. The Labute approximate surface area is 274 Å².